The van der Waals surface area contributed by atoms with Crippen molar-refractivity contribution in [2.45, 2.75) is 0 Å². The Labute approximate surface area is 260 Å². The zero-order valence-electron chi connectivity index (χ0n) is 24.2. The Balaban J connectivity index is 1.17. The Hall–Kier alpha value is -6.20. The van der Waals surface area contributed by atoms with Crippen LogP contribution in [0.5, 0.6) is 0 Å². The van der Waals surface area contributed by atoms with Crippen molar-refractivity contribution >= 4 is 11.1 Å². The molecule has 0 radical (unpaired) electrons. The van der Waals surface area contributed by atoms with Crippen LogP contribution >= 0.6 is 0 Å². The third-order valence-corrected chi connectivity index (χ3v) is 7.81. The molecule has 5 nitrogen and oxygen atoms in total. The summed E-state index contributed by atoms with van der Waals surface area (Å²) in [7, 11) is 0. The molecular weight excluding hydrogens is 552 g/mol. The molecule has 0 fully saturated rings. The van der Waals surface area contributed by atoms with Crippen LogP contribution in [-0.2, 0) is 0 Å². The molecule has 0 aliphatic carbocycles. The summed E-state index contributed by atoms with van der Waals surface area (Å²) in [4.78, 5) is 19.6. The number of oxazole rings is 1. The molecule has 0 unspecified atom stereocenters. The fraction of sp³-hybridized carbons (Fsp3) is 0. The highest BCUT2D eigenvalue weighted by molar-refractivity contribution is 5.92. The topological polar surface area (TPSA) is 64.7 Å². The zero-order chi connectivity index (χ0) is 30.0. The molecule has 8 aromatic rings. The Kier molecular flexibility index (Phi) is 6.74. The quantitative estimate of drug-likeness (QED) is 0.196. The van der Waals surface area contributed by atoms with Gasteiger partial charge in [-0.15, -0.1) is 0 Å². The highest BCUT2D eigenvalue weighted by atomic mass is 16.3. The van der Waals surface area contributed by atoms with Crippen LogP contribution in [0.4, 0.5) is 0 Å². The lowest BCUT2D eigenvalue weighted by molar-refractivity contribution is 0.620. The van der Waals surface area contributed by atoms with Gasteiger partial charge in [0.05, 0.1) is 0 Å². The summed E-state index contributed by atoms with van der Waals surface area (Å²) in [5.41, 5.74) is 9.65. The SMILES string of the molecule is c1ccc(-c2ccc(-c3nc(-c4ccccc4)nc(-c4ccc(-c5cccc6oc(-c7ccccc7)nc56)cc4)n3)cc2)cc1. The van der Waals surface area contributed by atoms with E-state index in [0.717, 1.165) is 50.0 Å². The molecule has 0 amide bonds. The van der Waals surface area contributed by atoms with Crippen molar-refractivity contribution in [1.82, 2.24) is 19.9 Å². The number of para-hydroxylation sites is 1. The third kappa shape index (κ3) is 5.28. The highest BCUT2D eigenvalue weighted by Crippen LogP contribution is 2.33. The maximum Gasteiger partial charge on any atom is 0.227 e. The predicted octanol–water partition coefficient (Wildman–Crippen LogP) is 10.0. The first-order valence-electron chi connectivity index (χ1n) is 14.8. The summed E-state index contributed by atoms with van der Waals surface area (Å²) < 4.78 is 6.11. The molecule has 0 atom stereocenters. The van der Waals surface area contributed by atoms with Crippen molar-refractivity contribution < 1.29 is 4.42 Å². The summed E-state index contributed by atoms with van der Waals surface area (Å²) in [6.45, 7) is 0. The Morgan fingerprint density at radius 3 is 1.29 bits per heavy atom. The van der Waals surface area contributed by atoms with Crippen molar-refractivity contribution in [3.8, 4) is 67.9 Å². The average molecular weight is 579 g/mol. The maximum atomic E-state index is 6.11. The standard InChI is InChI=1S/C40H26N4O/c1-4-11-27(12-5-1)28-19-23-31(24-20-28)38-42-37(30-13-6-2-7-14-30)43-39(44-38)32-25-21-29(22-26-32)34-17-10-18-35-36(34)41-40(45-35)33-15-8-3-9-16-33/h1-26H. The Morgan fingerprint density at radius 2 is 0.733 bits per heavy atom. The van der Waals surface area contributed by atoms with Gasteiger partial charge in [0.25, 0.3) is 0 Å². The van der Waals surface area contributed by atoms with E-state index in [1.54, 1.807) is 0 Å². The molecule has 5 heteroatoms. The number of benzene rings is 6. The number of aromatic nitrogens is 4. The molecule has 0 bridgehead atoms. The fourth-order valence-corrected chi connectivity index (χ4v) is 5.48. The second kappa shape index (κ2) is 11.5. The molecule has 0 aliphatic heterocycles. The normalized spacial score (nSPS) is 11.1. The molecule has 212 valence electrons. The van der Waals surface area contributed by atoms with Gasteiger partial charge in [-0.2, -0.15) is 0 Å². The molecule has 0 saturated carbocycles. The Morgan fingerprint density at radius 1 is 0.311 bits per heavy atom. The van der Waals surface area contributed by atoms with Crippen LogP contribution in [0.25, 0.3) is 79.0 Å². The van der Waals surface area contributed by atoms with E-state index in [-0.39, 0.29) is 0 Å². The van der Waals surface area contributed by atoms with Gasteiger partial charge in [0, 0.05) is 27.8 Å². The first-order valence-corrected chi connectivity index (χ1v) is 14.8. The van der Waals surface area contributed by atoms with Gasteiger partial charge >= 0.3 is 0 Å². The van der Waals surface area contributed by atoms with E-state index in [1.165, 1.54) is 5.56 Å². The van der Waals surface area contributed by atoms with Gasteiger partial charge in [0.15, 0.2) is 23.1 Å². The van der Waals surface area contributed by atoms with Crippen molar-refractivity contribution in [3.05, 3.63) is 158 Å². The minimum Gasteiger partial charge on any atom is -0.436 e. The molecule has 0 spiro atoms. The lowest BCUT2D eigenvalue weighted by Gasteiger charge is -2.10. The fourth-order valence-electron chi connectivity index (χ4n) is 5.48. The van der Waals surface area contributed by atoms with Gasteiger partial charge in [0.1, 0.15) is 5.52 Å². The van der Waals surface area contributed by atoms with Crippen LogP contribution in [0.2, 0.25) is 0 Å². The van der Waals surface area contributed by atoms with E-state index >= 15 is 0 Å². The summed E-state index contributed by atoms with van der Waals surface area (Å²) in [6, 6.07) is 53.0. The number of nitrogens with zero attached hydrogens (tertiary/aromatic N) is 4. The van der Waals surface area contributed by atoms with E-state index in [0.29, 0.717) is 23.4 Å². The van der Waals surface area contributed by atoms with Crippen LogP contribution in [0.15, 0.2) is 162 Å². The molecule has 2 aromatic heterocycles. The number of hydrogen-bond acceptors (Lipinski definition) is 5. The molecule has 0 aliphatic rings. The van der Waals surface area contributed by atoms with Crippen LogP contribution < -0.4 is 0 Å². The smallest absolute Gasteiger partial charge is 0.227 e. The minimum absolute atomic E-state index is 0.609. The molecular formula is C40H26N4O. The first kappa shape index (κ1) is 26.4. The maximum absolute atomic E-state index is 6.11. The van der Waals surface area contributed by atoms with Gasteiger partial charge in [-0.25, -0.2) is 19.9 Å². The van der Waals surface area contributed by atoms with Gasteiger partial charge in [-0.1, -0.05) is 140 Å². The largest absolute Gasteiger partial charge is 0.436 e. The monoisotopic (exact) mass is 578 g/mol. The average Bonchev–Trinajstić information content (AvgIpc) is 3.58. The summed E-state index contributed by atoms with van der Waals surface area (Å²) in [5.74, 6) is 2.48. The molecule has 45 heavy (non-hydrogen) atoms. The minimum atomic E-state index is 0.609. The van der Waals surface area contributed by atoms with Crippen LogP contribution in [0.3, 0.4) is 0 Å². The van der Waals surface area contributed by atoms with Crippen LogP contribution in [-0.4, -0.2) is 19.9 Å². The summed E-state index contributed by atoms with van der Waals surface area (Å²) in [5, 5.41) is 0. The van der Waals surface area contributed by atoms with Gasteiger partial charge < -0.3 is 4.42 Å². The van der Waals surface area contributed by atoms with E-state index in [2.05, 4.69) is 66.7 Å². The zero-order valence-corrected chi connectivity index (χ0v) is 24.2. The van der Waals surface area contributed by atoms with Crippen molar-refractivity contribution in [3.63, 3.8) is 0 Å². The molecule has 0 saturated heterocycles. The van der Waals surface area contributed by atoms with Crippen LogP contribution in [0, 0.1) is 0 Å². The van der Waals surface area contributed by atoms with Gasteiger partial charge in [-0.3, -0.25) is 0 Å². The number of hydrogen-bond donors (Lipinski definition) is 0. The second-order valence-electron chi connectivity index (χ2n) is 10.7. The summed E-state index contributed by atoms with van der Waals surface area (Å²) >= 11 is 0. The first-order chi connectivity index (χ1) is 22.3. The number of fused-ring (bicyclic) bond motifs is 1. The van der Waals surface area contributed by atoms with Crippen LogP contribution in [0.1, 0.15) is 0 Å². The third-order valence-electron chi connectivity index (χ3n) is 7.81. The van der Waals surface area contributed by atoms with Crippen molar-refractivity contribution in [2.24, 2.45) is 0 Å². The van der Waals surface area contributed by atoms with Crippen molar-refractivity contribution in [1.29, 1.82) is 0 Å². The predicted molar refractivity (Wildman–Crippen MR) is 180 cm³/mol. The van der Waals surface area contributed by atoms with E-state index < -0.39 is 0 Å². The number of rotatable bonds is 6. The van der Waals surface area contributed by atoms with Gasteiger partial charge in [0.2, 0.25) is 5.89 Å². The van der Waals surface area contributed by atoms with E-state index in [4.69, 9.17) is 24.4 Å². The molecule has 6 aromatic carbocycles. The van der Waals surface area contributed by atoms with Gasteiger partial charge in [-0.05, 0) is 34.9 Å². The summed E-state index contributed by atoms with van der Waals surface area (Å²) in [6.07, 6.45) is 0. The lowest BCUT2D eigenvalue weighted by Crippen LogP contribution is -2.00. The molecule has 8 rings (SSSR count). The van der Waals surface area contributed by atoms with E-state index in [1.807, 2.05) is 91.0 Å². The van der Waals surface area contributed by atoms with E-state index in [9.17, 15) is 0 Å². The highest BCUT2D eigenvalue weighted by Gasteiger charge is 2.15. The molecule has 2 heterocycles. The lowest BCUT2D eigenvalue weighted by atomic mass is 10.0. The second-order valence-corrected chi connectivity index (χ2v) is 10.7. The Bertz CT molecular complexity index is 2230. The molecule has 0 N–H and O–H groups in total. The van der Waals surface area contributed by atoms with Crippen molar-refractivity contribution in [2.75, 3.05) is 0 Å².